The maximum absolute atomic E-state index is 12.9. The minimum Gasteiger partial charge on any atom is -0.495 e. The number of hydrogen-bond acceptors (Lipinski definition) is 5. The summed E-state index contributed by atoms with van der Waals surface area (Å²) in [6.07, 6.45) is 0.408. The van der Waals surface area contributed by atoms with Crippen molar-refractivity contribution in [3.8, 4) is 17.0 Å². The zero-order valence-corrected chi connectivity index (χ0v) is 18.2. The second-order valence-corrected chi connectivity index (χ2v) is 8.81. The minimum atomic E-state index is -3.87. The standard InChI is InChI=1S/C23H19ClN2O4S/c1-29-20-15-17(12-13-19(20)24)22-23(26-31(27,28)18-10-6-3-7-11-18)30-21(25-22)14-16-8-4-2-5-9-16/h2-13,15,26H,14H2,1H3. The van der Waals surface area contributed by atoms with E-state index in [0.717, 1.165) is 5.56 Å². The van der Waals surface area contributed by atoms with Gasteiger partial charge < -0.3 is 9.15 Å². The zero-order chi connectivity index (χ0) is 21.8. The molecule has 4 aromatic rings. The van der Waals surface area contributed by atoms with E-state index in [-0.39, 0.29) is 10.8 Å². The number of benzene rings is 3. The Labute approximate surface area is 185 Å². The van der Waals surface area contributed by atoms with Crippen LogP contribution in [0.4, 0.5) is 5.88 Å². The Morgan fingerprint density at radius 2 is 1.68 bits per heavy atom. The van der Waals surface area contributed by atoms with E-state index in [9.17, 15) is 8.42 Å². The highest BCUT2D eigenvalue weighted by Crippen LogP contribution is 2.35. The van der Waals surface area contributed by atoms with Crippen molar-refractivity contribution in [1.29, 1.82) is 0 Å². The first-order valence-corrected chi connectivity index (χ1v) is 11.3. The summed E-state index contributed by atoms with van der Waals surface area (Å²) in [5, 5.41) is 0.436. The molecule has 1 N–H and O–H groups in total. The fourth-order valence-electron chi connectivity index (χ4n) is 3.06. The normalized spacial score (nSPS) is 11.3. The topological polar surface area (TPSA) is 81.4 Å². The number of nitrogens with one attached hydrogen (secondary N) is 1. The molecule has 0 aliphatic heterocycles. The molecular weight excluding hydrogens is 436 g/mol. The first kappa shape index (κ1) is 21.0. The van der Waals surface area contributed by atoms with Gasteiger partial charge >= 0.3 is 0 Å². The van der Waals surface area contributed by atoms with Crippen LogP contribution in [0.1, 0.15) is 11.5 Å². The van der Waals surface area contributed by atoms with Gasteiger partial charge in [-0.1, -0.05) is 66.2 Å². The molecule has 0 unspecified atom stereocenters. The molecule has 3 aromatic carbocycles. The summed E-state index contributed by atoms with van der Waals surface area (Å²) in [7, 11) is -2.36. The van der Waals surface area contributed by atoms with Crippen molar-refractivity contribution in [3.05, 3.63) is 95.3 Å². The second kappa shape index (κ2) is 8.83. The molecule has 6 nitrogen and oxygen atoms in total. The first-order chi connectivity index (χ1) is 15.0. The minimum absolute atomic E-state index is 0.0270. The number of ether oxygens (including phenoxy) is 1. The number of methoxy groups -OCH3 is 1. The van der Waals surface area contributed by atoms with Gasteiger partial charge in [0.05, 0.1) is 17.0 Å². The Balaban J connectivity index is 1.77. The predicted octanol–water partition coefficient (Wildman–Crippen LogP) is 5.40. The molecule has 8 heteroatoms. The Morgan fingerprint density at radius 3 is 2.35 bits per heavy atom. The summed E-state index contributed by atoms with van der Waals surface area (Å²) >= 11 is 6.14. The summed E-state index contributed by atoms with van der Waals surface area (Å²) in [4.78, 5) is 4.69. The molecule has 0 aliphatic carbocycles. The van der Waals surface area contributed by atoms with Crippen LogP contribution in [0.15, 0.2) is 88.2 Å². The van der Waals surface area contributed by atoms with Crippen LogP contribution in [-0.2, 0) is 16.4 Å². The van der Waals surface area contributed by atoms with Gasteiger partial charge in [-0.15, -0.1) is 0 Å². The van der Waals surface area contributed by atoms with Gasteiger partial charge in [0.2, 0.25) is 11.8 Å². The highest BCUT2D eigenvalue weighted by Gasteiger charge is 2.23. The number of oxazole rings is 1. The van der Waals surface area contributed by atoms with Crippen LogP contribution in [0.3, 0.4) is 0 Å². The third-order valence-corrected chi connectivity index (χ3v) is 6.23. The van der Waals surface area contributed by atoms with Crippen LogP contribution in [0, 0.1) is 0 Å². The van der Waals surface area contributed by atoms with Gasteiger partial charge in [-0.2, -0.15) is 0 Å². The second-order valence-electron chi connectivity index (χ2n) is 6.72. The molecule has 0 radical (unpaired) electrons. The summed E-state index contributed by atoms with van der Waals surface area (Å²) in [5.41, 5.74) is 1.94. The van der Waals surface area contributed by atoms with E-state index in [4.69, 9.17) is 20.8 Å². The molecule has 31 heavy (non-hydrogen) atoms. The van der Waals surface area contributed by atoms with E-state index in [1.54, 1.807) is 36.4 Å². The number of nitrogens with zero attached hydrogens (tertiary/aromatic N) is 1. The highest BCUT2D eigenvalue weighted by molar-refractivity contribution is 7.92. The fourth-order valence-corrected chi connectivity index (χ4v) is 4.27. The van der Waals surface area contributed by atoms with Crippen molar-refractivity contribution < 1.29 is 17.6 Å². The van der Waals surface area contributed by atoms with Gasteiger partial charge in [0.25, 0.3) is 10.0 Å². The number of rotatable bonds is 7. The summed E-state index contributed by atoms with van der Waals surface area (Å²) in [5.74, 6) is 0.851. The quantitative estimate of drug-likeness (QED) is 0.404. The number of halogens is 1. The molecule has 0 fully saturated rings. The number of aromatic nitrogens is 1. The van der Waals surface area contributed by atoms with Crippen molar-refractivity contribution in [3.63, 3.8) is 0 Å². The van der Waals surface area contributed by atoms with E-state index in [1.165, 1.54) is 19.2 Å². The predicted molar refractivity (Wildman–Crippen MR) is 120 cm³/mol. The maximum Gasteiger partial charge on any atom is 0.264 e. The maximum atomic E-state index is 12.9. The van der Waals surface area contributed by atoms with E-state index >= 15 is 0 Å². The van der Waals surface area contributed by atoms with Crippen LogP contribution < -0.4 is 9.46 Å². The van der Waals surface area contributed by atoms with E-state index in [1.807, 2.05) is 30.3 Å². The van der Waals surface area contributed by atoms with Gasteiger partial charge in [0.15, 0.2) is 0 Å². The van der Waals surface area contributed by atoms with Crippen molar-refractivity contribution in [2.75, 3.05) is 11.8 Å². The average molecular weight is 455 g/mol. The van der Waals surface area contributed by atoms with Crippen LogP contribution in [0.25, 0.3) is 11.3 Å². The molecule has 1 aromatic heterocycles. The Kier molecular flexibility index (Phi) is 5.97. The molecule has 0 spiro atoms. The van der Waals surface area contributed by atoms with Crippen molar-refractivity contribution in [2.24, 2.45) is 0 Å². The number of sulfonamides is 1. The van der Waals surface area contributed by atoms with Gasteiger partial charge in [-0.05, 0) is 29.8 Å². The van der Waals surface area contributed by atoms with Gasteiger partial charge in [0.1, 0.15) is 11.4 Å². The van der Waals surface area contributed by atoms with Crippen LogP contribution >= 0.6 is 11.6 Å². The highest BCUT2D eigenvalue weighted by atomic mass is 35.5. The molecule has 0 saturated heterocycles. The third kappa shape index (κ3) is 4.73. The molecule has 0 bridgehead atoms. The van der Waals surface area contributed by atoms with Gasteiger partial charge in [0, 0.05) is 12.0 Å². The number of hydrogen-bond donors (Lipinski definition) is 1. The number of anilines is 1. The average Bonchev–Trinajstić information content (AvgIpc) is 3.16. The van der Waals surface area contributed by atoms with E-state index in [0.29, 0.717) is 34.3 Å². The van der Waals surface area contributed by atoms with Crippen molar-refractivity contribution >= 4 is 27.5 Å². The zero-order valence-electron chi connectivity index (χ0n) is 16.6. The van der Waals surface area contributed by atoms with Crippen LogP contribution in [0.5, 0.6) is 5.75 Å². The van der Waals surface area contributed by atoms with Crippen LogP contribution in [0.2, 0.25) is 5.02 Å². The lowest BCUT2D eigenvalue weighted by Crippen LogP contribution is -2.12. The van der Waals surface area contributed by atoms with Gasteiger partial charge in [-0.25, -0.2) is 18.1 Å². The Morgan fingerprint density at radius 1 is 1.00 bits per heavy atom. The Hall–Kier alpha value is -3.29. The third-order valence-electron chi connectivity index (χ3n) is 4.57. The first-order valence-electron chi connectivity index (χ1n) is 9.41. The van der Waals surface area contributed by atoms with Crippen molar-refractivity contribution in [1.82, 2.24) is 4.98 Å². The van der Waals surface area contributed by atoms with E-state index < -0.39 is 10.0 Å². The molecule has 0 amide bonds. The lowest BCUT2D eigenvalue weighted by Gasteiger charge is -2.08. The van der Waals surface area contributed by atoms with Crippen molar-refractivity contribution in [2.45, 2.75) is 11.3 Å². The molecule has 1 heterocycles. The monoisotopic (exact) mass is 454 g/mol. The van der Waals surface area contributed by atoms with E-state index in [2.05, 4.69) is 9.71 Å². The lowest BCUT2D eigenvalue weighted by atomic mass is 10.1. The molecule has 4 rings (SSSR count). The molecule has 0 aliphatic rings. The summed E-state index contributed by atoms with van der Waals surface area (Å²) in [6, 6.07) is 22.8. The molecule has 158 valence electrons. The molecule has 0 atom stereocenters. The summed E-state index contributed by atoms with van der Waals surface area (Å²) < 4.78 is 39.4. The SMILES string of the molecule is COc1cc(-c2nc(Cc3ccccc3)oc2NS(=O)(=O)c2ccccc2)ccc1Cl. The smallest absolute Gasteiger partial charge is 0.264 e. The lowest BCUT2D eigenvalue weighted by molar-refractivity contribution is 0.415. The fraction of sp³-hybridized carbons (Fsp3) is 0.0870. The summed E-state index contributed by atoms with van der Waals surface area (Å²) in [6.45, 7) is 0. The largest absolute Gasteiger partial charge is 0.495 e. The van der Waals surface area contributed by atoms with Crippen LogP contribution in [-0.4, -0.2) is 20.5 Å². The molecule has 0 saturated carbocycles. The Bertz CT molecular complexity index is 1290. The molecular formula is C23H19ClN2O4S. The van der Waals surface area contributed by atoms with Gasteiger partial charge in [-0.3, -0.25) is 0 Å².